The molecule has 1 saturated carbocycles. The van der Waals surface area contributed by atoms with Crippen molar-refractivity contribution in [3.8, 4) is 0 Å². The van der Waals surface area contributed by atoms with E-state index in [4.69, 9.17) is 0 Å². The highest BCUT2D eigenvalue weighted by atomic mass is 32.2. The van der Waals surface area contributed by atoms with Crippen LogP contribution in [0, 0.1) is 5.92 Å². The summed E-state index contributed by atoms with van der Waals surface area (Å²) in [5.41, 5.74) is 0. The van der Waals surface area contributed by atoms with E-state index in [-0.39, 0.29) is 5.75 Å². The fourth-order valence-corrected chi connectivity index (χ4v) is 2.77. The lowest BCUT2D eigenvalue weighted by atomic mass is 9.83. The molecule has 2 N–H and O–H groups in total. The minimum Gasteiger partial charge on any atom is -0.316 e. The van der Waals surface area contributed by atoms with Crippen LogP contribution in [0.3, 0.4) is 0 Å². The molecule has 0 spiro atoms. The van der Waals surface area contributed by atoms with E-state index in [0.29, 0.717) is 13.1 Å². The summed E-state index contributed by atoms with van der Waals surface area (Å²) in [4.78, 5) is 0. The van der Waals surface area contributed by atoms with E-state index in [9.17, 15) is 8.42 Å². The highest BCUT2D eigenvalue weighted by molar-refractivity contribution is 7.89. The Kier molecular flexibility index (Phi) is 6.31. The molecule has 0 bridgehead atoms. The molecule has 5 heteroatoms. The van der Waals surface area contributed by atoms with Gasteiger partial charge in [-0.2, -0.15) is 0 Å². The Morgan fingerprint density at radius 3 is 2.50 bits per heavy atom. The molecule has 0 heterocycles. The highest BCUT2D eigenvalue weighted by Gasteiger charge is 2.17. The first-order valence-corrected chi connectivity index (χ1v) is 7.97. The Morgan fingerprint density at radius 2 is 1.94 bits per heavy atom. The quantitative estimate of drug-likeness (QED) is 0.601. The van der Waals surface area contributed by atoms with Gasteiger partial charge in [-0.05, 0) is 25.3 Å². The van der Waals surface area contributed by atoms with Crippen LogP contribution in [-0.2, 0) is 10.0 Å². The maximum Gasteiger partial charge on any atom is 0.212 e. The summed E-state index contributed by atoms with van der Waals surface area (Å²) in [6.07, 6.45) is 5.91. The summed E-state index contributed by atoms with van der Waals surface area (Å²) in [6, 6.07) is 0. The summed E-state index contributed by atoms with van der Waals surface area (Å²) >= 11 is 0. The van der Waals surface area contributed by atoms with E-state index >= 15 is 0 Å². The second kappa shape index (κ2) is 7.25. The molecule has 4 nitrogen and oxygen atoms in total. The molecule has 0 saturated heterocycles. The Bertz CT molecular complexity index is 274. The molecule has 96 valence electrons. The second-order valence-electron chi connectivity index (χ2n) is 4.55. The van der Waals surface area contributed by atoms with Crippen molar-refractivity contribution in [1.29, 1.82) is 0 Å². The van der Waals surface area contributed by atoms with E-state index in [1.165, 1.54) is 19.3 Å². The summed E-state index contributed by atoms with van der Waals surface area (Å²) in [5, 5.41) is 3.09. The van der Waals surface area contributed by atoms with Gasteiger partial charge in [-0.15, -0.1) is 0 Å². The number of rotatable bonds is 9. The molecule has 1 aliphatic carbocycles. The zero-order chi connectivity index (χ0) is 11.9. The van der Waals surface area contributed by atoms with Crippen LogP contribution in [-0.4, -0.2) is 33.8 Å². The molecule has 0 aromatic carbocycles. The Hall–Kier alpha value is -0.130. The van der Waals surface area contributed by atoms with Crippen molar-refractivity contribution in [2.45, 2.75) is 39.0 Å². The van der Waals surface area contributed by atoms with Gasteiger partial charge in [-0.25, -0.2) is 13.1 Å². The van der Waals surface area contributed by atoms with Crippen molar-refractivity contribution in [2.75, 3.05) is 25.4 Å². The van der Waals surface area contributed by atoms with Crippen LogP contribution in [0.5, 0.6) is 0 Å². The highest BCUT2D eigenvalue weighted by Crippen LogP contribution is 2.28. The van der Waals surface area contributed by atoms with Gasteiger partial charge in [-0.3, -0.25) is 0 Å². The van der Waals surface area contributed by atoms with Crippen molar-refractivity contribution in [3.05, 3.63) is 0 Å². The molecule has 1 rings (SSSR count). The molecule has 0 unspecified atom stereocenters. The van der Waals surface area contributed by atoms with E-state index in [0.717, 1.165) is 25.3 Å². The third-order valence-corrected chi connectivity index (χ3v) is 4.46. The van der Waals surface area contributed by atoms with Gasteiger partial charge in [0.2, 0.25) is 10.0 Å². The van der Waals surface area contributed by atoms with Crippen LogP contribution in [0.4, 0.5) is 0 Å². The predicted octanol–water partition coefficient (Wildman–Crippen LogP) is 1.10. The number of nitrogens with one attached hydrogen (secondary N) is 2. The number of hydrogen-bond acceptors (Lipinski definition) is 3. The maximum atomic E-state index is 11.5. The predicted molar refractivity (Wildman–Crippen MR) is 66.9 cm³/mol. The van der Waals surface area contributed by atoms with Crippen molar-refractivity contribution >= 4 is 10.0 Å². The molecule has 1 aliphatic rings. The smallest absolute Gasteiger partial charge is 0.212 e. The van der Waals surface area contributed by atoms with Crippen LogP contribution in [0.25, 0.3) is 0 Å². The summed E-state index contributed by atoms with van der Waals surface area (Å²) in [6.45, 7) is 4.11. The lowest BCUT2D eigenvalue weighted by Gasteiger charge is -2.25. The molecule has 16 heavy (non-hydrogen) atoms. The Labute approximate surface area is 99.2 Å². The minimum absolute atomic E-state index is 0.192. The fraction of sp³-hybridized carbons (Fsp3) is 1.00. The van der Waals surface area contributed by atoms with Gasteiger partial charge in [0.25, 0.3) is 0 Å². The topological polar surface area (TPSA) is 58.2 Å². The Morgan fingerprint density at radius 1 is 1.19 bits per heavy atom. The molecule has 1 fully saturated rings. The normalized spacial score (nSPS) is 17.3. The zero-order valence-electron chi connectivity index (χ0n) is 10.2. The van der Waals surface area contributed by atoms with Crippen LogP contribution in [0.15, 0.2) is 0 Å². The first-order valence-electron chi connectivity index (χ1n) is 6.32. The average Bonchev–Trinajstić information content (AvgIpc) is 2.17. The lowest BCUT2D eigenvalue weighted by Crippen LogP contribution is -2.33. The fourth-order valence-electron chi connectivity index (χ4n) is 1.78. The SMILES string of the molecule is CCCNCCS(=O)(=O)NCCC1CCC1. The van der Waals surface area contributed by atoms with Gasteiger partial charge in [0.05, 0.1) is 5.75 Å². The molecular formula is C11H24N2O2S. The third-order valence-electron chi connectivity index (χ3n) is 3.07. The third kappa shape index (κ3) is 5.82. The van der Waals surface area contributed by atoms with Crippen LogP contribution in [0.1, 0.15) is 39.0 Å². The van der Waals surface area contributed by atoms with Crippen molar-refractivity contribution in [1.82, 2.24) is 10.0 Å². The first-order chi connectivity index (χ1) is 7.64. The largest absolute Gasteiger partial charge is 0.316 e. The van der Waals surface area contributed by atoms with E-state index < -0.39 is 10.0 Å². The molecule has 0 atom stereocenters. The standard InChI is InChI=1S/C11H24N2O2S/c1-2-7-12-9-10-16(14,15)13-8-6-11-4-3-5-11/h11-13H,2-10H2,1H3. The van der Waals surface area contributed by atoms with Crippen molar-refractivity contribution < 1.29 is 8.42 Å². The lowest BCUT2D eigenvalue weighted by molar-refractivity contribution is 0.297. The summed E-state index contributed by atoms with van der Waals surface area (Å²) in [7, 11) is -3.05. The van der Waals surface area contributed by atoms with Gasteiger partial charge in [-0.1, -0.05) is 26.2 Å². The summed E-state index contributed by atoms with van der Waals surface area (Å²) < 4.78 is 25.7. The first kappa shape index (κ1) is 13.9. The van der Waals surface area contributed by atoms with E-state index in [1.807, 2.05) is 0 Å². The van der Waals surface area contributed by atoms with Crippen molar-refractivity contribution in [2.24, 2.45) is 5.92 Å². The van der Waals surface area contributed by atoms with Crippen LogP contribution >= 0.6 is 0 Å². The molecule has 0 aliphatic heterocycles. The molecular weight excluding hydrogens is 224 g/mol. The monoisotopic (exact) mass is 248 g/mol. The number of hydrogen-bond donors (Lipinski definition) is 2. The minimum atomic E-state index is -3.05. The summed E-state index contributed by atoms with van der Waals surface area (Å²) in [5.74, 6) is 0.957. The van der Waals surface area contributed by atoms with Crippen molar-refractivity contribution in [3.63, 3.8) is 0 Å². The van der Waals surface area contributed by atoms with Gasteiger partial charge in [0.1, 0.15) is 0 Å². The van der Waals surface area contributed by atoms with Gasteiger partial charge >= 0.3 is 0 Å². The average molecular weight is 248 g/mol. The van der Waals surface area contributed by atoms with Gasteiger partial charge in [0, 0.05) is 13.1 Å². The number of sulfonamides is 1. The Balaban J connectivity index is 2.03. The zero-order valence-corrected chi connectivity index (χ0v) is 11.0. The second-order valence-corrected chi connectivity index (χ2v) is 6.48. The molecule has 0 radical (unpaired) electrons. The van der Waals surface area contributed by atoms with Gasteiger partial charge < -0.3 is 5.32 Å². The van der Waals surface area contributed by atoms with E-state index in [1.54, 1.807) is 0 Å². The van der Waals surface area contributed by atoms with Crippen LogP contribution in [0.2, 0.25) is 0 Å². The van der Waals surface area contributed by atoms with Crippen LogP contribution < -0.4 is 10.0 Å². The molecule has 0 aromatic heterocycles. The maximum absolute atomic E-state index is 11.5. The van der Waals surface area contributed by atoms with Gasteiger partial charge in [0.15, 0.2) is 0 Å². The van der Waals surface area contributed by atoms with E-state index in [2.05, 4.69) is 17.0 Å². The molecule has 0 aromatic rings. The molecule has 0 amide bonds.